The number of nitrogens with one attached hydrogen (secondary N) is 1. The molecule has 28 heavy (non-hydrogen) atoms. The van der Waals surface area contributed by atoms with Gasteiger partial charge in [-0.3, -0.25) is 14.5 Å². The molecule has 0 unspecified atom stereocenters. The van der Waals surface area contributed by atoms with Crippen LogP contribution in [0.5, 0.6) is 0 Å². The van der Waals surface area contributed by atoms with E-state index in [1.165, 1.54) is 54.4 Å². The number of amidine groups is 1. The predicted molar refractivity (Wildman–Crippen MR) is 102 cm³/mol. The van der Waals surface area contributed by atoms with E-state index in [0.717, 1.165) is 11.8 Å². The van der Waals surface area contributed by atoms with Crippen LogP contribution in [0.4, 0.5) is 15.8 Å². The molecular formula is C19H15FN3O4S-. The Morgan fingerprint density at radius 3 is 2.71 bits per heavy atom. The van der Waals surface area contributed by atoms with Gasteiger partial charge in [-0.15, -0.1) is 0 Å². The Hall–Kier alpha value is -3.20. The predicted octanol–water partition coefficient (Wildman–Crippen LogP) is 1.78. The van der Waals surface area contributed by atoms with Gasteiger partial charge < -0.3 is 15.2 Å². The zero-order valence-electron chi connectivity index (χ0n) is 14.7. The maximum absolute atomic E-state index is 13.4. The van der Waals surface area contributed by atoms with Crippen molar-refractivity contribution in [2.45, 2.75) is 11.7 Å². The Kier molecular flexibility index (Phi) is 5.74. The van der Waals surface area contributed by atoms with Gasteiger partial charge in [0.2, 0.25) is 11.8 Å². The Labute approximate surface area is 164 Å². The summed E-state index contributed by atoms with van der Waals surface area (Å²) in [5, 5.41) is 13.0. The number of halogens is 1. The topological polar surface area (TPSA) is 102 Å². The van der Waals surface area contributed by atoms with Crippen molar-refractivity contribution in [3.05, 3.63) is 59.9 Å². The molecular weight excluding hydrogens is 385 g/mol. The number of carbonyl (C=O) groups excluding carboxylic acids is 3. The van der Waals surface area contributed by atoms with Crippen LogP contribution in [0.25, 0.3) is 0 Å². The van der Waals surface area contributed by atoms with Crippen LogP contribution in [0.15, 0.2) is 53.5 Å². The van der Waals surface area contributed by atoms with Gasteiger partial charge >= 0.3 is 0 Å². The normalized spacial score (nSPS) is 18.2. The Balaban J connectivity index is 1.78. The van der Waals surface area contributed by atoms with Crippen LogP contribution in [0.2, 0.25) is 0 Å². The third-order valence-corrected chi connectivity index (χ3v) is 5.20. The molecule has 0 spiro atoms. The monoisotopic (exact) mass is 400 g/mol. The standard InChI is InChI=1S/C19H16FN3O4S/c1-23-16(24)10-15(28-19(23)22-14-7-3-5-12(20)9-14)17(25)21-13-6-2-4-11(8-13)18(26)27/h2-9,15H,10H2,1H3,(H,21,25)(H,26,27)/p-1/t15-/m1/s1. The maximum atomic E-state index is 13.4. The Morgan fingerprint density at radius 1 is 1.25 bits per heavy atom. The molecule has 0 aromatic heterocycles. The van der Waals surface area contributed by atoms with Gasteiger partial charge in [-0.25, -0.2) is 9.38 Å². The van der Waals surface area contributed by atoms with E-state index in [-0.39, 0.29) is 28.7 Å². The smallest absolute Gasteiger partial charge is 0.238 e. The first kappa shape index (κ1) is 19.6. The number of carboxylic acid groups (broad SMARTS) is 1. The molecule has 1 aliphatic rings. The molecule has 0 saturated carbocycles. The largest absolute Gasteiger partial charge is 0.545 e. The summed E-state index contributed by atoms with van der Waals surface area (Å²) in [6.07, 6.45) is -0.0463. The van der Waals surface area contributed by atoms with Crippen LogP contribution in [-0.4, -0.2) is 40.1 Å². The highest BCUT2D eigenvalue weighted by Crippen LogP contribution is 2.29. The van der Waals surface area contributed by atoms with Gasteiger partial charge in [-0.05, 0) is 35.9 Å². The summed E-state index contributed by atoms with van der Waals surface area (Å²) in [6, 6.07) is 11.2. The molecule has 2 amide bonds. The molecule has 1 aliphatic heterocycles. The van der Waals surface area contributed by atoms with Crippen molar-refractivity contribution in [1.29, 1.82) is 0 Å². The van der Waals surface area contributed by atoms with E-state index >= 15 is 0 Å². The van der Waals surface area contributed by atoms with Gasteiger partial charge in [0.15, 0.2) is 5.17 Å². The van der Waals surface area contributed by atoms with Crippen molar-refractivity contribution in [3.63, 3.8) is 0 Å². The number of hydrogen-bond acceptors (Lipinski definition) is 6. The molecule has 0 bridgehead atoms. The van der Waals surface area contributed by atoms with Crippen molar-refractivity contribution in [3.8, 4) is 0 Å². The molecule has 9 heteroatoms. The first-order valence-corrected chi connectivity index (χ1v) is 9.11. The quantitative estimate of drug-likeness (QED) is 0.843. The molecule has 1 fully saturated rings. The molecule has 1 atom stereocenters. The fourth-order valence-corrected chi connectivity index (χ4v) is 3.56. The second kappa shape index (κ2) is 8.22. The molecule has 2 aromatic carbocycles. The number of hydrogen-bond donors (Lipinski definition) is 1. The summed E-state index contributed by atoms with van der Waals surface area (Å²) in [6.45, 7) is 0. The highest BCUT2D eigenvalue weighted by molar-refractivity contribution is 8.15. The first-order valence-electron chi connectivity index (χ1n) is 8.23. The van der Waals surface area contributed by atoms with Crippen LogP contribution in [-0.2, 0) is 9.59 Å². The fourth-order valence-electron chi connectivity index (χ4n) is 2.50. The van der Waals surface area contributed by atoms with E-state index in [1.807, 2.05) is 0 Å². The first-order chi connectivity index (χ1) is 13.3. The summed E-state index contributed by atoms with van der Waals surface area (Å²) in [5.41, 5.74) is 0.533. The van der Waals surface area contributed by atoms with Crippen molar-refractivity contribution in [2.75, 3.05) is 12.4 Å². The summed E-state index contributed by atoms with van der Waals surface area (Å²) >= 11 is 1.07. The van der Waals surface area contributed by atoms with Crippen molar-refractivity contribution in [1.82, 2.24) is 4.90 Å². The number of nitrogens with zero attached hydrogens (tertiary/aromatic N) is 2. The summed E-state index contributed by atoms with van der Waals surface area (Å²) in [5.74, 6) is -2.59. The van der Waals surface area contributed by atoms with Crippen molar-refractivity contribution in [2.24, 2.45) is 4.99 Å². The molecule has 144 valence electrons. The lowest BCUT2D eigenvalue weighted by Crippen LogP contribution is -2.43. The number of rotatable bonds is 4. The third-order valence-electron chi connectivity index (χ3n) is 3.96. The number of anilines is 1. The lowest BCUT2D eigenvalue weighted by atomic mass is 10.2. The molecule has 2 aromatic rings. The minimum absolute atomic E-state index is 0.0463. The average molecular weight is 400 g/mol. The highest BCUT2D eigenvalue weighted by Gasteiger charge is 2.34. The van der Waals surface area contributed by atoms with E-state index in [0.29, 0.717) is 5.69 Å². The lowest BCUT2D eigenvalue weighted by molar-refractivity contribution is -0.255. The third kappa shape index (κ3) is 4.55. The van der Waals surface area contributed by atoms with E-state index in [2.05, 4.69) is 10.3 Å². The number of carboxylic acids is 1. The van der Waals surface area contributed by atoms with Crippen LogP contribution in [0.3, 0.4) is 0 Å². The van der Waals surface area contributed by atoms with Crippen molar-refractivity contribution < 1.29 is 23.9 Å². The molecule has 1 N–H and O–H groups in total. The van der Waals surface area contributed by atoms with Gasteiger partial charge in [0.25, 0.3) is 0 Å². The Bertz CT molecular complexity index is 979. The number of amides is 2. The van der Waals surface area contributed by atoms with E-state index < -0.39 is 22.9 Å². The fraction of sp³-hybridized carbons (Fsp3) is 0.158. The molecule has 0 aliphatic carbocycles. The van der Waals surface area contributed by atoms with E-state index in [9.17, 15) is 23.9 Å². The molecule has 1 heterocycles. The highest BCUT2D eigenvalue weighted by atomic mass is 32.2. The number of carbonyl (C=O) groups is 3. The second-order valence-corrected chi connectivity index (χ2v) is 7.17. The van der Waals surface area contributed by atoms with Crippen LogP contribution < -0.4 is 10.4 Å². The molecule has 0 radical (unpaired) electrons. The number of aliphatic imine (C=N–C) groups is 1. The summed E-state index contributed by atoms with van der Waals surface area (Å²) in [4.78, 5) is 41.4. The van der Waals surface area contributed by atoms with E-state index in [4.69, 9.17) is 0 Å². The maximum Gasteiger partial charge on any atom is 0.238 e. The van der Waals surface area contributed by atoms with Crippen LogP contribution in [0, 0.1) is 5.82 Å². The van der Waals surface area contributed by atoms with Crippen molar-refractivity contribution >= 4 is 46.1 Å². The van der Waals surface area contributed by atoms with Crippen LogP contribution in [0.1, 0.15) is 16.8 Å². The minimum atomic E-state index is -1.36. The zero-order chi connectivity index (χ0) is 20.3. The van der Waals surface area contributed by atoms with E-state index in [1.54, 1.807) is 6.07 Å². The number of aromatic carboxylic acids is 1. The zero-order valence-corrected chi connectivity index (χ0v) is 15.5. The van der Waals surface area contributed by atoms with Gasteiger partial charge in [0, 0.05) is 19.2 Å². The lowest BCUT2D eigenvalue weighted by Gasteiger charge is -2.28. The Morgan fingerprint density at radius 2 is 2.00 bits per heavy atom. The number of thioether (sulfide) groups is 1. The van der Waals surface area contributed by atoms with Crippen LogP contribution >= 0.6 is 11.8 Å². The molecule has 1 saturated heterocycles. The second-order valence-electron chi connectivity index (χ2n) is 6.00. The minimum Gasteiger partial charge on any atom is -0.545 e. The van der Waals surface area contributed by atoms with Gasteiger partial charge in [-0.1, -0.05) is 30.0 Å². The van der Waals surface area contributed by atoms with Gasteiger partial charge in [0.05, 0.1) is 11.7 Å². The molecule has 3 rings (SSSR count). The average Bonchev–Trinajstić information content (AvgIpc) is 2.65. The summed E-state index contributed by atoms with van der Waals surface area (Å²) < 4.78 is 13.4. The SMILES string of the molecule is CN1C(=O)C[C@H](C(=O)Nc2cccc(C(=O)[O-])c2)SC1=Nc1cccc(F)c1. The van der Waals surface area contributed by atoms with Gasteiger partial charge in [-0.2, -0.15) is 0 Å². The molecule has 7 nitrogen and oxygen atoms in total. The summed E-state index contributed by atoms with van der Waals surface area (Å²) in [7, 11) is 1.53. The number of benzene rings is 2. The van der Waals surface area contributed by atoms with Gasteiger partial charge in [0.1, 0.15) is 11.1 Å².